The van der Waals surface area contributed by atoms with Gasteiger partial charge in [-0.15, -0.1) is 0 Å². The van der Waals surface area contributed by atoms with Gasteiger partial charge in [-0.3, -0.25) is 19.6 Å². The van der Waals surface area contributed by atoms with E-state index in [0.717, 1.165) is 5.56 Å². The Kier molecular flexibility index (Phi) is 5.05. The molecule has 1 aliphatic rings. The van der Waals surface area contributed by atoms with Crippen molar-refractivity contribution < 1.29 is 9.59 Å². The molecule has 0 aromatic carbocycles. The van der Waals surface area contributed by atoms with Crippen molar-refractivity contribution in [2.24, 2.45) is 5.92 Å². The van der Waals surface area contributed by atoms with Crippen LogP contribution in [0.2, 0.25) is 0 Å². The van der Waals surface area contributed by atoms with Crippen molar-refractivity contribution in [3.63, 3.8) is 0 Å². The Morgan fingerprint density at radius 2 is 1.79 bits per heavy atom. The Hall–Kier alpha value is -3.61. The van der Waals surface area contributed by atoms with Crippen LogP contribution in [-0.4, -0.2) is 44.8 Å². The highest BCUT2D eigenvalue weighted by molar-refractivity contribution is 5.97. The quantitative estimate of drug-likeness (QED) is 0.758. The standard InChI is InChI=1S/C21H19N5O2/c27-20(25-19-5-1-2-9-24-19)18-14-26(21(28)15-6-10-22-11-7-15)13-17(18)16-4-3-8-23-12-16/h1-12,17-18H,13-14H2,(H,24,25,27)/t17-,18?/m0/s1. The lowest BCUT2D eigenvalue weighted by molar-refractivity contribution is -0.119. The van der Waals surface area contributed by atoms with Crippen LogP contribution in [0.1, 0.15) is 21.8 Å². The van der Waals surface area contributed by atoms with E-state index in [9.17, 15) is 9.59 Å². The maximum Gasteiger partial charge on any atom is 0.254 e. The number of pyridine rings is 3. The Morgan fingerprint density at radius 1 is 0.929 bits per heavy atom. The van der Waals surface area contributed by atoms with Crippen LogP contribution in [0.3, 0.4) is 0 Å². The van der Waals surface area contributed by atoms with Gasteiger partial charge >= 0.3 is 0 Å². The van der Waals surface area contributed by atoms with E-state index in [-0.39, 0.29) is 17.7 Å². The molecular weight excluding hydrogens is 354 g/mol. The van der Waals surface area contributed by atoms with E-state index in [1.54, 1.807) is 60.1 Å². The summed E-state index contributed by atoms with van der Waals surface area (Å²) in [4.78, 5) is 39.9. The topological polar surface area (TPSA) is 88.1 Å². The molecule has 1 unspecified atom stereocenters. The van der Waals surface area contributed by atoms with E-state index in [0.29, 0.717) is 24.5 Å². The monoisotopic (exact) mass is 373 g/mol. The fourth-order valence-electron chi connectivity index (χ4n) is 3.50. The predicted molar refractivity (Wildman–Crippen MR) is 103 cm³/mol. The summed E-state index contributed by atoms with van der Waals surface area (Å²) >= 11 is 0. The second kappa shape index (κ2) is 7.96. The van der Waals surface area contributed by atoms with Crippen LogP contribution < -0.4 is 5.32 Å². The zero-order valence-electron chi connectivity index (χ0n) is 15.1. The molecule has 0 saturated carbocycles. The number of aromatic nitrogens is 3. The van der Waals surface area contributed by atoms with Crippen LogP contribution in [0.15, 0.2) is 73.4 Å². The second-order valence-corrected chi connectivity index (χ2v) is 6.65. The number of amides is 2. The van der Waals surface area contributed by atoms with Crippen LogP contribution in [0.5, 0.6) is 0 Å². The molecule has 1 aliphatic heterocycles. The average Bonchev–Trinajstić information content (AvgIpc) is 3.21. The van der Waals surface area contributed by atoms with Crippen molar-refractivity contribution >= 4 is 17.6 Å². The molecule has 28 heavy (non-hydrogen) atoms. The van der Waals surface area contributed by atoms with E-state index >= 15 is 0 Å². The number of likely N-dealkylation sites (tertiary alicyclic amines) is 1. The number of nitrogens with one attached hydrogen (secondary N) is 1. The van der Waals surface area contributed by atoms with Crippen molar-refractivity contribution in [3.8, 4) is 0 Å². The average molecular weight is 373 g/mol. The van der Waals surface area contributed by atoms with Gasteiger partial charge in [0, 0.05) is 55.6 Å². The molecule has 3 aromatic rings. The predicted octanol–water partition coefficient (Wildman–Crippen LogP) is 2.37. The van der Waals surface area contributed by atoms with Crippen LogP contribution in [0.25, 0.3) is 0 Å². The lowest BCUT2D eigenvalue weighted by Gasteiger charge is -2.17. The first kappa shape index (κ1) is 17.8. The first-order chi connectivity index (χ1) is 13.7. The number of rotatable bonds is 4. The van der Waals surface area contributed by atoms with E-state index in [1.165, 1.54) is 0 Å². The molecule has 2 amide bonds. The highest BCUT2D eigenvalue weighted by atomic mass is 16.2. The van der Waals surface area contributed by atoms with E-state index in [4.69, 9.17) is 0 Å². The third-order valence-electron chi connectivity index (χ3n) is 4.90. The van der Waals surface area contributed by atoms with Gasteiger partial charge < -0.3 is 10.2 Å². The number of nitrogens with zero attached hydrogens (tertiary/aromatic N) is 4. The van der Waals surface area contributed by atoms with Crippen molar-refractivity contribution in [1.29, 1.82) is 0 Å². The summed E-state index contributed by atoms with van der Waals surface area (Å²) in [6, 6.07) is 12.5. The SMILES string of the molecule is O=C(Nc1ccccn1)C1CN(C(=O)c2ccncc2)C[C@H]1c1cccnc1. The molecule has 3 aromatic heterocycles. The van der Waals surface area contributed by atoms with Crippen LogP contribution >= 0.6 is 0 Å². The Labute approximate surface area is 162 Å². The first-order valence-corrected chi connectivity index (χ1v) is 9.03. The Bertz CT molecular complexity index is 950. The normalized spacial score (nSPS) is 18.6. The molecule has 0 spiro atoms. The van der Waals surface area contributed by atoms with Crippen molar-refractivity contribution in [2.75, 3.05) is 18.4 Å². The van der Waals surface area contributed by atoms with Gasteiger partial charge in [-0.2, -0.15) is 0 Å². The molecule has 4 rings (SSSR count). The van der Waals surface area contributed by atoms with Gasteiger partial charge in [0.25, 0.3) is 5.91 Å². The molecule has 2 atom stereocenters. The summed E-state index contributed by atoms with van der Waals surface area (Å²) in [5, 5.41) is 2.86. The number of hydrogen-bond donors (Lipinski definition) is 1. The fraction of sp³-hybridized carbons (Fsp3) is 0.190. The van der Waals surface area contributed by atoms with Crippen LogP contribution in [-0.2, 0) is 4.79 Å². The minimum atomic E-state index is -0.392. The lowest BCUT2D eigenvalue weighted by Crippen LogP contribution is -2.31. The van der Waals surface area contributed by atoms with E-state index in [2.05, 4.69) is 20.3 Å². The van der Waals surface area contributed by atoms with Gasteiger partial charge in [0.15, 0.2) is 0 Å². The molecule has 0 radical (unpaired) electrons. The third kappa shape index (κ3) is 3.73. The van der Waals surface area contributed by atoms with Gasteiger partial charge in [0.05, 0.1) is 5.92 Å². The molecule has 1 N–H and O–H groups in total. The molecule has 0 aliphatic carbocycles. The molecular formula is C21H19N5O2. The van der Waals surface area contributed by atoms with Crippen molar-refractivity contribution in [2.45, 2.75) is 5.92 Å². The van der Waals surface area contributed by atoms with Gasteiger partial charge in [-0.1, -0.05) is 12.1 Å². The van der Waals surface area contributed by atoms with Crippen LogP contribution in [0.4, 0.5) is 5.82 Å². The third-order valence-corrected chi connectivity index (χ3v) is 4.90. The Balaban J connectivity index is 1.58. The summed E-state index contributed by atoms with van der Waals surface area (Å²) in [6.07, 6.45) is 8.26. The van der Waals surface area contributed by atoms with Crippen LogP contribution in [0, 0.1) is 5.92 Å². The molecule has 1 saturated heterocycles. The summed E-state index contributed by atoms with van der Waals surface area (Å²) in [7, 11) is 0. The molecule has 7 nitrogen and oxygen atoms in total. The smallest absolute Gasteiger partial charge is 0.254 e. The van der Waals surface area contributed by atoms with Crippen molar-refractivity contribution in [1.82, 2.24) is 19.9 Å². The van der Waals surface area contributed by atoms with E-state index < -0.39 is 5.92 Å². The summed E-state index contributed by atoms with van der Waals surface area (Å²) in [5.74, 6) is -0.293. The van der Waals surface area contributed by atoms with Gasteiger partial charge in [0.2, 0.25) is 5.91 Å². The fourth-order valence-corrected chi connectivity index (χ4v) is 3.50. The molecule has 0 bridgehead atoms. The molecule has 7 heteroatoms. The highest BCUT2D eigenvalue weighted by Crippen LogP contribution is 2.34. The van der Waals surface area contributed by atoms with Gasteiger partial charge in [-0.25, -0.2) is 4.98 Å². The second-order valence-electron chi connectivity index (χ2n) is 6.65. The largest absolute Gasteiger partial charge is 0.337 e. The summed E-state index contributed by atoms with van der Waals surface area (Å²) in [5.41, 5.74) is 1.50. The van der Waals surface area contributed by atoms with Crippen molar-refractivity contribution in [3.05, 3.63) is 84.6 Å². The number of anilines is 1. The lowest BCUT2D eigenvalue weighted by atomic mass is 9.89. The zero-order chi connectivity index (χ0) is 19.3. The maximum absolute atomic E-state index is 13.0. The molecule has 4 heterocycles. The van der Waals surface area contributed by atoms with Gasteiger partial charge in [0.1, 0.15) is 5.82 Å². The maximum atomic E-state index is 13.0. The summed E-state index contributed by atoms with van der Waals surface area (Å²) < 4.78 is 0. The van der Waals surface area contributed by atoms with Gasteiger partial charge in [-0.05, 0) is 35.9 Å². The minimum absolute atomic E-state index is 0.107. The molecule has 1 fully saturated rings. The highest BCUT2D eigenvalue weighted by Gasteiger charge is 2.40. The number of hydrogen-bond acceptors (Lipinski definition) is 5. The summed E-state index contributed by atoms with van der Waals surface area (Å²) in [6.45, 7) is 0.784. The minimum Gasteiger partial charge on any atom is -0.337 e. The molecule has 140 valence electrons. The Morgan fingerprint density at radius 3 is 2.50 bits per heavy atom. The number of carbonyl (C=O) groups is 2. The zero-order valence-corrected chi connectivity index (χ0v) is 15.1. The van der Waals surface area contributed by atoms with E-state index in [1.807, 2.05) is 18.2 Å². The number of carbonyl (C=O) groups excluding carboxylic acids is 2. The first-order valence-electron chi connectivity index (χ1n) is 9.03.